The molecule has 1 aromatic carbocycles. The molecule has 1 rings (SSSR count). The number of rotatable bonds is 6. The average Bonchev–Trinajstić information content (AvgIpc) is 2.31. The maximum atomic E-state index is 8.51. The molecule has 0 saturated heterocycles. The van der Waals surface area contributed by atoms with E-state index in [0.29, 0.717) is 19.8 Å². The summed E-state index contributed by atoms with van der Waals surface area (Å²) in [4.78, 5) is 0. The highest BCUT2D eigenvalue weighted by Crippen LogP contribution is 2.16. The summed E-state index contributed by atoms with van der Waals surface area (Å²) in [6.45, 7) is 3.11. The smallest absolute Gasteiger partial charge is 0.135 e. The zero-order valence-electron chi connectivity index (χ0n) is 9.40. The van der Waals surface area contributed by atoms with Crippen LogP contribution in [-0.4, -0.2) is 31.5 Å². The molecule has 16 heavy (non-hydrogen) atoms. The zero-order chi connectivity index (χ0) is 11.6. The van der Waals surface area contributed by atoms with Gasteiger partial charge in [0, 0.05) is 0 Å². The first kappa shape index (κ1) is 12.6. The fourth-order valence-corrected chi connectivity index (χ4v) is 1.21. The molecule has 0 aliphatic carbocycles. The van der Waals surface area contributed by atoms with Crippen molar-refractivity contribution in [3.05, 3.63) is 29.8 Å². The lowest BCUT2D eigenvalue weighted by molar-refractivity contribution is 0.0704. The van der Waals surface area contributed by atoms with Crippen LogP contribution in [0.15, 0.2) is 24.3 Å². The van der Waals surface area contributed by atoms with E-state index >= 15 is 0 Å². The fraction of sp³-hybridized carbons (Fsp3) is 0.385. The molecule has 0 radical (unpaired) electrons. The highest BCUT2D eigenvalue weighted by Gasteiger charge is 1.99. The van der Waals surface area contributed by atoms with Crippen LogP contribution in [0.1, 0.15) is 12.5 Å². The van der Waals surface area contributed by atoms with Gasteiger partial charge in [0.1, 0.15) is 12.4 Å². The van der Waals surface area contributed by atoms with Crippen LogP contribution >= 0.6 is 0 Å². The van der Waals surface area contributed by atoms with Crippen molar-refractivity contribution < 1.29 is 14.6 Å². The molecular formula is C13H16O3. The standard InChI is InChI=1S/C13H16O3/c1-2-5-12-6-3-4-7-13(12)16-11-10-15-9-8-14/h3-4,6-7,14H,8-11H2,1H3. The van der Waals surface area contributed by atoms with Gasteiger partial charge in [-0.05, 0) is 19.1 Å². The van der Waals surface area contributed by atoms with Gasteiger partial charge in [0.05, 0.1) is 25.4 Å². The lowest BCUT2D eigenvalue weighted by atomic mass is 10.2. The number of ether oxygens (including phenoxy) is 2. The summed E-state index contributed by atoms with van der Waals surface area (Å²) in [5, 5.41) is 8.51. The van der Waals surface area contributed by atoms with Gasteiger partial charge >= 0.3 is 0 Å². The summed E-state index contributed by atoms with van der Waals surface area (Å²) in [5.74, 6) is 6.58. The Morgan fingerprint density at radius 2 is 2.00 bits per heavy atom. The Labute approximate surface area is 96.0 Å². The molecule has 0 aromatic heterocycles. The van der Waals surface area contributed by atoms with E-state index in [1.54, 1.807) is 6.92 Å². The van der Waals surface area contributed by atoms with Crippen molar-refractivity contribution in [2.24, 2.45) is 0 Å². The Bertz CT molecular complexity index is 363. The third-order valence-corrected chi connectivity index (χ3v) is 1.87. The largest absolute Gasteiger partial charge is 0.490 e. The number of hydrogen-bond donors (Lipinski definition) is 1. The minimum atomic E-state index is 0.0396. The number of hydrogen-bond acceptors (Lipinski definition) is 3. The second kappa shape index (κ2) is 7.75. The third-order valence-electron chi connectivity index (χ3n) is 1.87. The molecule has 3 heteroatoms. The molecule has 0 aliphatic heterocycles. The molecule has 0 heterocycles. The van der Waals surface area contributed by atoms with Crippen molar-refractivity contribution in [3.63, 3.8) is 0 Å². The van der Waals surface area contributed by atoms with E-state index < -0.39 is 0 Å². The predicted molar refractivity (Wildman–Crippen MR) is 62.4 cm³/mol. The Morgan fingerprint density at radius 3 is 2.75 bits per heavy atom. The van der Waals surface area contributed by atoms with E-state index in [1.165, 1.54) is 0 Å². The van der Waals surface area contributed by atoms with E-state index in [9.17, 15) is 0 Å². The lowest BCUT2D eigenvalue weighted by Gasteiger charge is -2.08. The SMILES string of the molecule is CC#Cc1ccccc1OCCOCCO. The van der Waals surface area contributed by atoms with Crippen molar-refractivity contribution in [3.8, 4) is 17.6 Å². The second-order valence-corrected chi connectivity index (χ2v) is 3.06. The fourth-order valence-electron chi connectivity index (χ4n) is 1.21. The van der Waals surface area contributed by atoms with Crippen LogP contribution in [0.25, 0.3) is 0 Å². The summed E-state index contributed by atoms with van der Waals surface area (Å²) in [7, 11) is 0. The second-order valence-electron chi connectivity index (χ2n) is 3.06. The lowest BCUT2D eigenvalue weighted by Crippen LogP contribution is -2.09. The van der Waals surface area contributed by atoms with E-state index in [1.807, 2.05) is 24.3 Å². The highest BCUT2D eigenvalue weighted by molar-refractivity contribution is 5.45. The third kappa shape index (κ3) is 4.35. The van der Waals surface area contributed by atoms with Gasteiger partial charge in [-0.2, -0.15) is 0 Å². The van der Waals surface area contributed by atoms with Crippen LogP contribution < -0.4 is 4.74 Å². The summed E-state index contributed by atoms with van der Waals surface area (Å²) >= 11 is 0. The van der Waals surface area contributed by atoms with Gasteiger partial charge in [0.15, 0.2) is 0 Å². The first-order valence-corrected chi connectivity index (χ1v) is 5.21. The Kier molecular flexibility index (Phi) is 6.09. The molecule has 0 unspecified atom stereocenters. The van der Waals surface area contributed by atoms with Gasteiger partial charge in [-0.3, -0.25) is 0 Å². The molecule has 0 bridgehead atoms. The monoisotopic (exact) mass is 220 g/mol. The van der Waals surface area contributed by atoms with Crippen LogP contribution in [-0.2, 0) is 4.74 Å². The summed E-state index contributed by atoms with van der Waals surface area (Å²) in [5.41, 5.74) is 0.882. The minimum absolute atomic E-state index is 0.0396. The summed E-state index contributed by atoms with van der Waals surface area (Å²) < 4.78 is 10.6. The van der Waals surface area contributed by atoms with Crippen LogP contribution in [0, 0.1) is 11.8 Å². The van der Waals surface area contributed by atoms with Crippen molar-refractivity contribution in [1.82, 2.24) is 0 Å². The number of para-hydroxylation sites is 1. The molecule has 1 aromatic rings. The summed E-state index contributed by atoms with van der Waals surface area (Å²) in [6, 6.07) is 7.63. The Hall–Kier alpha value is -1.50. The normalized spacial score (nSPS) is 9.38. The van der Waals surface area contributed by atoms with Gasteiger partial charge in [-0.25, -0.2) is 0 Å². The van der Waals surface area contributed by atoms with Gasteiger partial charge in [-0.1, -0.05) is 18.1 Å². The Morgan fingerprint density at radius 1 is 1.19 bits per heavy atom. The number of aliphatic hydroxyl groups is 1. The van der Waals surface area contributed by atoms with Crippen molar-refractivity contribution in [2.75, 3.05) is 26.4 Å². The van der Waals surface area contributed by atoms with E-state index in [0.717, 1.165) is 11.3 Å². The molecule has 0 fully saturated rings. The van der Waals surface area contributed by atoms with Crippen LogP contribution in [0.4, 0.5) is 0 Å². The van der Waals surface area contributed by atoms with Gasteiger partial charge < -0.3 is 14.6 Å². The van der Waals surface area contributed by atoms with Crippen LogP contribution in [0.3, 0.4) is 0 Å². The average molecular weight is 220 g/mol. The molecule has 86 valence electrons. The van der Waals surface area contributed by atoms with Crippen LogP contribution in [0.5, 0.6) is 5.75 Å². The van der Waals surface area contributed by atoms with Crippen molar-refractivity contribution in [2.45, 2.75) is 6.92 Å². The molecular weight excluding hydrogens is 204 g/mol. The van der Waals surface area contributed by atoms with Crippen molar-refractivity contribution >= 4 is 0 Å². The van der Waals surface area contributed by atoms with Gasteiger partial charge in [0.2, 0.25) is 0 Å². The molecule has 0 amide bonds. The van der Waals surface area contributed by atoms with Crippen LogP contribution in [0.2, 0.25) is 0 Å². The van der Waals surface area contributed by atoms with Crippen molar-refractivity contribution in [1.29, 1.82) is 0 Å². The maximum Gasteiger partial charge on any atom is 0.135 e. The quantitative estimate of drug-likeness (QED) is 0.582. The topological polar surface area (TPSA) is 38.7 Å². The van der Waals surface area contributed by atoms with E-state index in [2.05, 4.69) is 11.8 Å². The van der Waals surface area contributed by atoms with Gasteiger partial charge in [0.25, 0.3) is 0 Å². The molecule has 0 saturated carbocycles. The minimum Gasteiger partial charge on any atom is -0.490 e. The first-order chi connectivity index (χ1) is 7.88. The maximum absolute atomic E-state index is 8.51. The summed E-state index contributed by atoms with van der Waals surface area (Å²) in [6.07, 6.45) is 0. The zero-order valence-corrected chi connectivity index (χ0v) is 9.40. The predicted octanol–water partition coefficient (Wildman–Crippen LogP) is 1.45. The van der Waals surface area contributed by atoms with E-state index in [4.69, 9.17) is 14.6 Å². The van der Waals surface area contributed by atoms with E-state index in [-0.39, 0.29) is 6.61 Å². The molecule has 1 N–H and O–H groups in total. The highest BCUT2D eigenvalue weighted by atomic mass is 16.5. The first-order valence-electron chi connectivity index (χ1n) is 5.21. The number of benzene rings is 1. The Balaban J connectivity index is 2.42. The number of aliphatic hydroxyl groups excluding tert-OH is 1. The molecule has 0 spiro atoms. The molecule has 3 nitrogen and oxygen atoms in total. The molecule has 0 aliphatic rings. The van der Waals surface area contributed by atoms with Gasteiger partial charge in [-0.15, -0.1) is 5.92 Å². The molecule has 0 atom stereocenters.